The molecule has 1 aliphatic rings. The normalized spacial score (nSPS) is 15.3. The molecular weight excluding hydrogens is 304 g/mol. The van der Waals surface area contributed by atoms with E-state index in [2.05, 4.69) is 10.2 Å². The number of piperazine rings is 1. The van der Waals surface area contributed by atoms with Gasteiger partial charge in [0.2, 0.25) is 5.91 Å². The number of rotatable bonds is 4. The Balaban J connectivity index is 1.57. The summed E-state index contributed by atoms with van der Waals surface area (Å²) in [4.78, 5) is 28.5. The van der Waals surface area contributed by atoms with E-state index in [0.717, 1.165) is 18.8 Å². The highest BCUT2D eigenvalue weighted by Crippen LogP contribution is 2.11. The highest BCUT2D eigenvalue weighted by Gasteiger charge is 2.19. The van der Waals surface area contributed by atoms with Crippen LogP contribution in [0.25, 0.3) is 5.69 Å². The smallest absolute Gasteiger partial charge is 0.251 e. The van der Waals surface area contributed by atoms with Crippen molar-refractivity contribution < 1.29 is 9.59 Å². The minimum absolute atomic E-state index is 0.0296. The Morgan fingerprint density at radius 1 is 1.04 bits per heavy atom. The number of nitrogens with zero attached hydrogens (tertiary/aromatic N) is 3. The summed E-state index contributed by atoms with van der Waals surface area (Å²) in [6.45, 7) is 3.22. The molecule has 1 saturated heterocycles. The van der Waals surface area contributed by atoms with E-state index in [1.807, 2.05) is 54.3 Å². The molecule has 1 aliphatic heterocycles. The van der Waals surface area contributed by atoms with Gasteiger partial charge in [0.25, 0.3) is 5.91 Å². The Hall–Kier alpha value is -2.60. The zero-order chi connectivity index (χ0) is 16.9. The van der Waals surface area contributed by atoms with Crippen molar-refractivity contribution in [3.05, 3.63) is 54.4 Å². The van der Waals surface area contributed by atoms with Crippen LogP contribution in [0.1, 0.15) is 10.4 Å². The van der Waals surface area contributed by atoms with E-state index in [1.54, 1.807) is 11.0 Å². The molecule has 126 valence electrons. The van der Waals surface area contributed by atoms with Crippen LogP contribution >= 0.6 is 0 Å². The third-order valence-corrected chi connectivity index (χ3v) is 4.27. The molecular formula is C18H22N4O2. The molecule has 0 spiro atoms. The SMILES string of the molecule is CN1CCN(C(=O)CNC(=O)c2cccc(-n3cccc3)c2)CC1. The maximum atomic E-state index is 12.3. The second-order valence-electron chi connectivity index (χ2n) is 6.01. The molecule has 3 rings (SSSR count). The molecule has 0 unspecified atom stereocenters. The van der Waals surface area contributed by atoms with Crippen molar-refractivity contribution in [2.24, 2.45) is 0 Å². The van der Waals surface area contributed by atoms with Crippen molar-refractivity contribution in [1.29, 1.82) is 0 Å². The van der Waals surface area contributed by atoms with Gasteiger partial charge in [0, 0.05) is 49.8 Å². The Labute approximate surface area is 141 Å². The van der Waals surface area contributed by atoms with Crippen LogP contribution in [0.15, 0.2) is 48.8 Å². The predicted octanol–water partition coefficient (Wildman–Crippen LogP) is 0.981. The van der Waals surface area contributed by atoms with Crippen molar-refractivity contribution in [2.45, 2.75) is 0 Å². The van der Waals surface area contributed by atoms with Gasteiger partial charge < -0.3 is 19.7 Å². The monoisotopic (exact) mass is 326 g/mol. The first-order valence-electron chi connectivity index (χ1n) is 8.11. The second kappa shape index (κ2) is 7.31. The van der Waals surface area contributed by atoms with E-state index in [1.165, 1.54) is 0 Å². The Morgan fingerprint density at radius 3 is 2.46 bits per heavy atom. The first kappa shape index (κ1) is 16.3. The predicted molar refractivity (Wildman–Crippen MR) is 92.2 cm³/mol. The number of likely N-dealkylation sites (N-methyl/N-ethyl adjacent to an activating group) is 1. The van der Waals surface area contributed by atoms with Gasteiger partial charge in [-0.1, -0.05) is 6.07 Å². The summed E-state index contributed by atoms with van der Waals surface area (Å²) < 4.78 is 1.94. The largest absolute Gasteiger partial charge is 0.343 e. The van der Waals surface area contributed by atoms with E-state index < -0.39 is 0 Å². The summed E-state index contributed by atoms with van der Waals surface area (Å²) in [7, 11) is 2.04. The van der Waals surface area contributed by atoms with E-state index in [4.69, 9.17) is 0 Å². The van der Waals surface area contributed by atoms with Crippen LogP contribution in [0.3, 0.4) is 0 Å². The molecule has 1 aromatic carbocycles. The maximum absolute atomic E-state index is 12.3. The molecule has 0 aliphatic carbocycles. The summed E-state index contributed by atoms with van der Waals surface area (Å²) in [5, 5.41) is 2.73. The molecule has 0 saturated carbocycles. The van der Waals surface area contributed by atoms with Gasteiger partial charge in [-0.2, -0.15) is 0 Å². The third-order valence-electron chi connectivity index (χ3n) is 4.27. The molecule has 0 atom stereocenters. The lowest BCUT2D eigenvalue weighted by Crippen LogP contribution is -2.50. The quantitative estimate of drug-likeness (QED) is 0.911. The number of benzene rings is 1. The number of aromatic nitrogens is 1. The molecule has 2 heterocycles. The first-order chi connectivity index (χ1) is 11.6. The van der Waals surface area contributed by atoms with Gasteiger partial charge in [-0.3, -0.25) is 9.59 Å². The van der Waals surface area contributed by atoms with E-state index in [-0.39, 0.29) is 18.4 Å². The molecule has 6 heteroatoms. The third kappa shape index (κ3) is 3.83. The molecule has 24 heavy (non-hydrogen) atoms. The number of hydrogen-bond donors (Lipinski definition) is 1. The first-order valence-corrected chi connectivity index (χ1v) is 8.11. The van der Waals surface area contributed by atoms with E-state index in [9.17, 15) is 9.59 Å². The van der Waals surface area contributed by atoms with Crippen molar-refractivity contribution in [1.82, 2.24) is 19.7 Å². The zero-order valence-electron chi connectivity index (χ0n) is 13.8. The van der Waals surface area contributed by atoms with Gasteiger partial charge in [0.1, 0.15) is 0 Å². The van der Waals surface area contributed by atoms with E-state index >= 15 is 0 Å². The van der Waals surface area contributed by atoms with Crippen molar-refractivity contribution >= 4 is 11.8 Å². The molecule has 2 aromatic rings. The van der Waals surface area contributed by atoms with Crippen LogP contribution in [-0.4, -0.2) is 66.0 Å². The fourth-order valence-corrected chi connectivity index (χ4v) is 2.74. The number of hydrogen-bond acceptors (Lipinski definition) is 3. The van der Waals surface area contributed by atoms with Crippen LogP contribution in [0.2, 0.25) is 0 Å². The molecule has 1 aromatic heterocycles. The molecule has 0 radical (unpaired) electrons. The summed E-state index contributed by atoms with van der Waals surface area (Å²) in [5.74, 6) is -0.260. The van der Waals surface area contributed by atoms with Gasteiger partial charge in [-0.15, -0.1) is 0 Å². The number of carbonyl (C=O) groups excluding carboxylic acids is 2. The van der Waals surface area contributed by atoms with Crippen LogP contribution in [0, 0.1) is 0 Å². The maximum Gasteiger partial charge on any atom is 0.251 e. The standard InChI is InChI=1S/C18H22N4O2/c1-20-9-11-22(12-10-20)17(23)14-19-18(24)15-5-4-6-16(13-15)21-7-2-3-8-21/h2-8,13H,9-12,14H2,1H3,(H,19,24). The number of nitrogens with one attached hydrogen (secondary N) is 1. The summed E-state index contributed by atoms with van der Waals surface area (Å²) >= 11 is 0. The summed E-state index contributed by atoms with van der Waals surface area (Å²) in [6, 6.07) is 11.2. The van der Waals surface area contributed by atoms with Crippen molar-refractivity contribution in [2.75, 3.05) is 39.8 Å². The molecule has 6 nitrogen and oxygen atoms in total. The number of amides is 2. The fourth-order valence-electron chi connectivity index (χ4n) is 2.74. The minimum atomic E-state index is -0.230. The average Bonchev–Trinajstić information content (AvgIpc) is 3.15. The van der Waals surface area contributed by atoms with Crippen LogP contribution in [0.4, 0.5) is 0 Å². The summed E-state index contributed by atoms with van der Waals surface area (Å²) in [6.07, 6.45) is 3.85. The van der Waals surface area contributed by atoms with Crippen LogP contribution in [0.5, 0.6) is 0 Å². The van der Waals surface area contributed by atoms with Crippen molar-refractivity contribution in [3.8, 4) is 5.69 Å². The Kier molecular flexibility index (Phi) is 4.96. The van der Waals surface area contributed by atoms with E-state index in [0.29, 0.717) is 18.7 Å². The molecule has 0 bridgehead atoms. The lowest BCUT2D eigenvalue weighted by molar-refractivity contribution is -0.131. The van der Waals surface area contributed by atoms with Gasteiger partial charge in [-0.05, 0) is 37.4 Å². The lowest BCUT2D eigenvalue weighted by Gasteiger charge is -2.32. The van der Waals surface area contributed by atoms with Gasteiger partial charge >= 0.3 is 0 Å². The second-order valence-corrected chi connectivity index (χ2v) is 6.01. The molecule has 2 amide bonds. The molecule has 1 fully saturated rings. The van der Waals surface area contributed by atoms with Crippen LogP contribution < -0.4 is 5.32 Å². The zero-order valence-corrected chi connectivity index (χ0v) is 13.8. The van der Waals surface area contributed by atoms with Gasteiger partial charge in [0.05, 0.1) is 6.54 Å². The van der Waals surface area contributed by atoms with Crippen LogP contribution in [-0.2, 0) is 4.79 Å². The van der Waals surface area contributed by atoms with Gasteiger partial charge in [-0.25, -0.2) is 0 Å². The summed E-state index contributed by atoms with van der Waals surface area (Å²) in [5.41, 5.74) is 1.46. The van der Waals surface area contributed by atoms with Gasteiger partial charge in [0.15, 0.2) is 0 Å². The topological polar surface area (TPSA) is 57.6 Å². The van der Waals surface area contributed by atoms with Crippen molar-refractivity contribution in [3.63, 3.8) is 0 Å². The Bertz CT molecular complexity index is 704. The minimum Gasteiger partial charge on any atom is -0.343 e. The fraction of sp³-hybridized carbons (Fsp3) is 0.333. The molecule has 1 N–H and O–H groups in total. The number of carbonyl (C=O) groups is 2. The highest BCUT2D eigenvalue weighted by molar-refractivity contribution is 5.96. The average molecular weight is 326 g/mol. The Morgan fingerprint density at radius 2 is 1.75 bits per heavy atom. The lowest BCUT2D eigenvalue weighted by atomic mass is 10.2. The highest BCUT2D eigenvalue weighted by atomic mass is 16.2.